The van der Waals surface area contributed by atoms with Crippen LogP contribution in [-0.2, 0) is 16.2 Å². The van der Waals surface area contributed by atoms with E-state index in [4.69, 9.17) is 9.57 Å². The molecule has 0 heterocycles. The van der Waals surface area contributed by atoms with Crippen molar-refractivity contribution in [3.05, 3.63) is 35.9 Å². The van der Waals surface area contributed by atoms with Gasteiger partial charge in [0.1, 0.15) is 12.2 Å². The van der Waals surface area contributed by atoms with Crippen molar-refractivity contribution < 1.29 is 14.4 Å². The third-order valence-electron chi connectivity index (χ3n) is 3.59. The van der Waals surface area contributed by atoms with Gasteiger partial charge in [-0.2, -0.15) is 5.06 Å². The van der Waals surface area contributed by atoms with Crippen LogP contribution in [0.5, 0.6) is 0 Å². The Hall–Kier alpha value is -1.55. The predicted molar refractivity (Wildman–Crippen MR) is 97.5 cm³/mol. The van der Waals surface area contributed by atoms with Crippen molar-refractivity contribution in [3.8, 4) is 0 Å². The molecule has 0 saturated carbocycles. The second-order valence-corrected chi connectivity index (χ2v) is 7.74. The van der Waals surface area contributed by atoms with Gasteiger partial charge in [0.05, 0.1) is 6.04 Å². The van der Waals surface area contributed by atoms with Crippen LogP contribution in [0.4, 0.5) is 4.79 Å². The van der Waals surface area contributed by atoms with Crippen LogP contribution >= 0.6 is 0 Å². The van der Waals surface area contributed by atoms with Crippen molar-refractivity contribution in [2.75, 3.05) is 0 Å². The van der Waals surface area contributed by atoms with E-state index in [1.807, 2.05) is 58.0 Å². The third-order valence-corrected chi connectivity index (χ3v) is 3.59. The normalized spacial score (nSPS) is 13.0. The minimum Gasteiger partial charge on any atom is -0.442 e. The molecule has 4 heteroatoms. The number of carbonyl (C=O) groups is 1. The molecule has 1 aromatic carbocycles. The van der Waals surface area contributed by atoms with Gasteiger partial charge in [0.15, 0.2) is 0 Å². The number of hydrogen-bond donors (Lipinski definition) is 0. The van der Waals surface area contributed by atoms with Crippen LogP contribution in [0.3, 0.4) is 0 Å². The maximum Gasteiger partial charge on any atom is 0.434 e. The molecule has 0 aliphatic heterocycles. The van der Waals surface area contributed by atoms with Gasteiger partial charge in [-0.25, -0.2) is 4.79 Å². The highest BCUT2D eigenvalue weighted by Crippen LogP contribution is 2.18. The second kappa shape index (κ2) is 9.67. The number of amides is 1. The summed E-state index contributed by atoms with van der Waals surface area (Å²) in [5.74, 6) is 0.664. The molecule has 1 rings (SSSR count). The largest absolute Gasteiger partial charge is 0.442 e. The van der Waals surface area contributed by atoms with E-state index in [0.717, 1.165) is 24.8 Å². The molecule has 0 bridgehead atoms. The number of nitrogens with zero attached hydrogens (tertiary/aromatic N) is 1. The summed E-state index contributed by atoms with van der Waals surface area (Å²) in [7, 11) is 0. The van der Waals surface area contributed by atoms with Crippen LogP contribution < -0.4 is 0 Å². The highest BCUT2D eigenvalue weighted by molar-refractivity contribution is 5.67. The minimum absolute atomic E-state index is 0.0256. The van der Waals surface area contributed by atoms with Crippen LogP contribution in [-0.4, -0.2) is 22.8 Å². The first kappa shape index (κ1) is 20.5. The Kier molecular flexibility index (Phi) is 8.26. The molecular formula is C20H33NO3. The van der Waals surface area contributed by atoms with Gasteiger partial charge in [0, 0.05) is 0 Å². The molecule has 136 valence electrons. The van der Waals surface area contributed by atoms with Gasteiger partial charge in [0.25, 0.3) is 0 Å². The van der Waals surface area contributed by atoms with E-state index in [2.05, 4.69) is 13.8 Å². The number of rotatable bonds is 8. The maximum absolute atomic E-state index is 12.5. The Bertz CT molecular complexity index is 479. The Morgan fingerprint density at radius 1 is 1.08 bits per heavy atom. The predicted octanol–water partition coefficient (Wildman–Crippen LogP) is 5.57. The van der Waals surface area contributed by atoms with Crippen LogP contribution in [0.2, 0.25) is 0 Å². The molecule has 4 nitrogen and oxygen atoms in total. The van der Waals surface area contributed by atoms with E-state index >= 15 is 0 Å². The molecule has 24 heavy (non-hydrogen) atoms. The topological polar surface area (TPSA) is 38.8 Å². The van der Waals surface area contributed by atoms with Crippen molar-refractivity contribution in [2.24, 2.45) is 5.92 Å². The number of hydrogen-bond acceptors (Lipinski definition) is 3. The molecule has 1 amide bonds. The Balaban J connectivity index is 2.68. The SMILES string of the molecule is CC(C)CCCC(C)N(OCc1ccccc1)C(=O)OC(C)(C)C. The summed E-state index contributed by atoms with van der Waals surface area (Å²) >= 11 is 0. The molecule has 0 aromatic heterocycles. The summed E-state index contributed by atoms with van der Waals surface area (Å²) in [6, 6.07) is 9.82. The lowest BCUT2D eigenvalue weighted by molar-refractivity contribution is -0.177. The van der Waals surface area contributed by atoms with Crippen molar-refractivity contribution in [3.63, 3.8) is 0 Å². The van der Waals surface area contributed by atoms with Crippen LogP contribution in [0.25, 0.3) is 0 Å². The summed E-state index contributed by atoms with van der Waals surface area (Å²) in [5, 5.41) is 1.40. The van der Waals surface area contributed by atoms with Gasteiger partial charge in [-0.3, -0.25) is 4.84 Å². The van der Waals surface area contributed by atoms with E-state index in [1.54, 1.807) is 0 Å². The highest BCUT2D eigenvalue weighted by atomic mass is 16.7. The third kappa shape index (κ3) is 8.34. The molecule has 0 aliphatic rings. The first-order valence-corrected chi connectivity index (χ1v) is 8.88. The van der Waals surface area contributed by atoms with E-state index in [0.29, 0.717) is 12.5 Å². The van der Waals surface area contributed by atoms with Gasteiger partial charge in [-0.05, 0) is 45.6 Å². The number of hydroxylamine groups is 2. The van der Waals surface area contributed by atoms with Crippen LogP contribution in [0.15, 0.2) is 30.3 Å². The fourth-order valence-corrected chi connectivity index (χ4v) is 2.32. The zero-order valence-electron chi connectivity index (χ0n) is 16.0. The number of ether oxygens (including phenoxy) is 1. The van der Waals surface area contributed by atoms with Crippen molar-refractivity contribution in [1.82, 2.24) is 5.06 Å². The molecular weight excluding hydrogens is 302 g/mol. The summed E-state index contributed by atoms with van der Waals surface area (Å²) in [6.45, 7) is 12.4. The summed E-state index contributed by atoms with van der Waals surface area (Å²) in [5.41, 5.74) is 0.490. The van der Waals surface area contributed by atoms with Crippen molar-refractivity contribution in [1.29, 1.82) is 0 Å². The summed E-state index contributed by atoms with van der Waals surface area (Å²) < 4.78 is 5.50. The summed E-state index contributed by atoms with van der Waals surface area (Å²) in [4.78, 5) is 18.3. The van der Waals surface area contributed by atoms with Crippen molar-refractivity contribution in [2.45, 2.75) is 79.1 Å². The average molecular weight is 335 g/mol. The molecule has 0 radical (unpaired) electrons. The smallest absolute Gasteiger partial charge is 0.434 e. The number of carbonyl (C=O) groups excluding carboxylic acids is 1. The molecule has 0 N–H and O–H groups in total. The molecule has 0 fully saturated rings. The lowest BCUT2D eigenvalue weighted by Crippen LogP contribution is -2.42. The van der Waals surface area contributed by atoms with Gasteiger partial charge >= 0.3 is 6.09 Å². The monoisotopic (exact) mass is 335 g/mol. The quantitative estimate of drug-likeness (QED) is 0.583. The highest BCUT2D eigenvalue weighted by Gasteiger charge is 2.27. The van der Waals surface area contributed by atoms with Crippen LogP contribution in [0.1, 0.15) is 66.4 Å². The van der Waals surface area contributed by atoms with Crippen molar-refractivity contribution >= 4 is 6.09 Å². The zero-order valence-corrected chi connectivity index (χ0v) is 16.0. The molecule has 0 spiro atoms. The average Bonchev–Trinajstić information content (AvgIpc) is 2.46. The van der Waals surface area contributed by atoms with E-state index in [1.165, 1.54) is 5.06 Å². The first-order chi connectivity index (χ1) is 11.2. The molecule has 0 aliphatic carbocycles. The fraction of sp³-hybridized carbons (Fsp3) is 0.650. The molecule has 1 aromatic rings. The lowest BCUT2D eigenvalue weighted by atomic mass is 10.0. The van der Waals surface area contributed by atoms with E-state index < -0.39 is 11.7 Å². The van der Waals surface area contributed by atoms with Crippen LogP contribution in [0, 0.1) is 5.92 Å². The van der Waals surface area contributed by atoms with Gasteiger partial charge in [0.2, 0.25) is 0 Å². The second-order valence-electron chi connectivity index (χ2n) is 7.74. The molecule has 1 atom stereocenters. The van der Waals surface area contributed by atoms with E-state index in [-0.39, 0.29) is 6.04 Å². The Morgan fingerprint density at radius 3 is 2.25 bits per heavy atom. The lowest BCUT2D eigenvalue weighted by Gasteiger charge is -2.31. The minimum atomic E-state index is -0.539. The zero-order chi connectivity index (χ0) is 18.2. The van der Waals surface area contributed by atoms with Gasteiger partial charge < -0.3 is 4.74 Å². The summed E-state index contributed by atoms with van der Waals surface area (Å²) in [6.07, 6.45) is 2.68. The first-order valence-electron chi connectivity index (χ1n) is 8.88. The molecule has 1 unspecified atom stereocenters. The number of benzene rings is 1. The molecule has 0 saturated heterocycles. The Morgan fingerprint density at radius 2 is 1.71 bits per heavy atom. The van der Waals surface area contributed by atoms with Gasteiger partial charge in [-0.1, -0.05) is 57.0 Å². The fourth-order valence-electron chi connectivity index (χ4n) is 2.32. The maximum atomic E-state index is 12.5. The standard InChI is InChI=1S/C20H33NO3/c1-16(2)11-10-12-17(3)21(19(22)24-20(4,5)6)23-15-18-13-8-7-9-14-18/h7-9,13-14,16-17H,10-12,15H2,1-6H3. The van der Waals surface area contributed by atoms with E-state index in [9.17, 15) is 4.79 Å². The van der Waals surface area contributed by atoms with Gasteiger partial charge in [-0.15, -0.1) is 0 Å². The Labute approximate surface area is 147 Å².